The number of hydrogen-bond acceptors (Lipinski definition) is 4. The van der Waals surface area contributed by atoms with Crippen molar-refractivity contribution in [2.45, 2.75) is 32.9 Å². The quantitative estimate of drug-likeness (QED) is 0.341. The minimum atomic E-state index is -3.17. The summed E-state index contributed by atoms with van der Waals surface area (Å²) in [6.07, 6.45) is 0.446. The summed E-state index contributed by atoms with van der Waals surface area (Å²) in [5.41, 5.74) is 0.800. The van der Waals surface area contributed by atoms with E-state index in [2.05, 4.69) is 10.3 Å². The van der Waals surface area contributed by atoms with Crippen molar-refractivity contribution in [3.63, 3.8) is 0 Å². The summed E-state index contributed by atoms with van der Waals surface area (Å²) < 4.78 is 24.5. The van der Waals surface area contributed by atoms with Crippen molar-refractivity contribution in [2.75, 3.05) is 45.5 Å². The normalized spacial score (nSPS) is 11.9. The maximum atomic E-state index is 12.3. The van der Waals surface area contributed by atoms with Crippen molar-refractivity contribution in [1.82, 2.24) is 15.1 Å². The van der Waals surface area contributed by atoms with Gasteiger partial charge in [-0.25, -0.2) is 8.42 Å². The molecule has 0 saturated carbocycles. The molecule has 0 saturated heterocycles. The second-order valence-corrected chi connectivity index (χ2v) is 8.77. The average Bonchev–Trinajstić information content (AvgIpc) is 2.65. The Morgan fingerprint density at radius 1 is 1.11 bits per heavy atom. The number of rotatable bonds is 11. The van der Waals surface area contributed by atoms with Crippen LogP contribution in [0.3, 0.4) is 0 Å². The summed E-state index contributed by atoms with van der Waals surface area (Å²) in [6, 6.07) is 9.19. The molecular formula is C20H34N4O3S. The summed E-state index contributed by atoms with van der Waals surface area (Å²) in [5.74, 6) is 0.801. The molecule has 1 aromatic carbocycles. The lowest BCUT2D eigenvalue weighted by molar-refractivity contribution is -0.131. The van der Waals surface area contributed by atoms with E-state index < -0.39 is 9.84 Å². The van der Waals surface area contributed by atoms with Crippen molar-refractivity contribution in [3.05, 3.63) is 35.9 Å². The second-order valence-electron chi connectivity index (χ2n) is 6.59. The second kappa shape index (κ2) is 12.4. The molecule has 1 N–H and O–H groups in total. The number of aliphatic imine (C=N–C) groups is 1. The van der Waals surface area contributed by atoms with E-state index in [0.717, 1.165) is 5.56 Å². The van der Waals surface area contributed by atoms with Crippen LogP contribution < -0.4 is 5.32 Å². The standard InChI is InChI=1S/C20H34N4O3S/c1-5-21-20(23(4)16-19(25)24(6-2)7-3)22-14-11-15-28(26,27)17-18-12-9-8-10-13-18/h8-10,12-13H,5-7,11,14-17H2,1-4H3,(H,21,22). The summed E-state index contributed by atoms with van der Waals surface area (Å²) in [5, 5.41) is 3.16. The number of nitrogens with one attached hydrogen (secondary N) is 1. The van der Waals surface area contributed by atoms with Gasteiger partial charge in [0, 0.05) is 33.2 Å². The number of nitrogens with zero attached hydrogens (tertiary/aromatic N) is 3. The first-order valence-corrected chi connectivity index (χ1v) is 11.7. The van der Waals surface area contributed by atoms with E-state index in [9.17, 15) is 13.2 Å². The first-order valence-electron chi connectivity index (χ1n) is 9.84. The number of benzene rings is 1. The van der Waals surface area contributed by atoms with Crippen LogP contribution in [-0.2, 0) is 20.4 Å². The highest BCUT2D eigenvalue weighted by atomic mass is 32.2. The fraction of sp³-hybridized carbons (Fsp3) is 0.600. The monoisotopic (exact) mass is 410 g/mol. The number of guanidine groups is 1. The molecule has 0 aliphatic heterocycles. The van der Waals surface area contributed by atoms with Gasteiger partial charge in [-0.2, -0.15) is 0 Å². The van der Waals surface area contributed by atoms with E-state index in [1.54, 1.807) is 9.80 Å². The molecule has 28 heavy (non-hydrogen) atoms. The van der Waals surface area contributed by atoms with Gasteiger partial charge in [0.25, 0.3) is 0 Å². The van der Waals surface area contributed by atoms with Crippen molar-refractivity contribution < 1.29 is 13.2 Å². The number of carbonyl (C=O) groups is 1. The zero-order valence-electron chi connectivity index (χ0n) is 17.5. The number of hydrogen-bond donors (Lipinski definition) is 1. The van der Waals surface area contributed by atoms with Gasteiger partial charge in [0.2, 0.25) is 5.91 Å². The molecule has 1 amide bonds. The number of likely N-dealkylation sites (N-methyl/N-ethyl adjacent to an activating group) is 2. The Morgan fingerprint density at radius 2 is 1.75 bits per heavy atom. The largest absolute Gasteiger partial charge is 0.357 e. The third kappa shape index (κ3) is 8.73. The highest BCUT2D eigenvalue weighted by Gasteiger charge is 2.15. The van der Waals surface area contributed by atoms with Gasteiger partial charge in [0.15, 0.2) is 15.8 Å². The Hall–Kier alpha value is -2.09. The summed E-state index contributed by atoms with van der Waals surface area (Å²) >= 11 is 0. The summed E-state index contributed by atoms with van der Waals surface area (Å²) in [4.78, 5) is 20.3. The molecule has 158 valence electrons. The first-order chi connectivity index (χ1) is 13.3. The van der Waals surface area contributed by atoms with E-state index in [-0.39, 0.29) is 24.0 Å². The minimum Gasteiger partial charge on any atom is -0.357 e. The van der Waals surface area contributed by atoms with Gasteiger partial charge in [-0.1, -0.05) is 30.3 Å². The average molecular weight is 411 g/mol. The molecule has 0 fully saturated rings. The molecule has 7 nitrogen and oxygen atoms in total. The Labute approximate surface area is 169 Å². The topological polar surface area (TPSA) is 82.1 Å². The van der Waals surface area contributed by atoms with Crippen LogP contribution in [0, 0.1) is 0 Å². The van der Waals surface area contributed by atoms with Crippen molar-refractivity contribution in [1.29, 1.82) is 0 Å². The Kier molecular flexibility index (Phi) is 10.6. The van der Waals surface area contributed by atoms with Gasteiger partial charge >= 0.3 is 0 Å². The van der Waals surface area contributed by atoms with Gasteiger partial charge in [-0.05, 0) is 32.8 Å². The Bertz CT molecular complexity index is 716. The van der Waals surface area contributed by atoms with Gasteiger partial charge in [0.1, 0.15) is 0 Å². The molecule has 0 spiro atoms. The molecule has 1 rings (SSSR count). The maximum absolute atomic E-state index is 12.3. The van der Waals surface area contributed by atoms with Crippen LogP contribution in [0.15, 0.2) is 35.3 Å². The van der Waals surface area contributed by atoms with Crippen LogP contribution in [0.2, 0.25) is 0 Å². The number of carbonyl (C=O) groups excluding carboxylic acids is 1. The van der Waals surface area contributed by atoms with E-state index >= 15 is 0 Å². The maximum Gasteiger partial charge on any atom is 0.242 e. The molecule has 0 unspecified atom stereocenters. The third-order valence-electron chi connectivity index (χ3n) is 4.29. The van der Waals surface area contributed by atoms with Crippen molar-refractivity contribution in [3.8, 4) is 0 Å². The molecule has 0 aliphatic rings. The molecule has 0 atom stereocenters. The highest BCUT2D eigenvalue weighted by molar-refractivity contribution is 7.90. The van der Waals surface area contributed by atoms with E-state index in [4.69, 9.17) is 0 Å². The van der Waals surface area contributed by atoms with Gasteiger partial charge in [0.05, 0.1) is 18.1 Å². The molecule has 0 radical (unpaired) electrons. The molecule has 1 aromatic rings. The molecule has 0 bridgehead atoms. The highest BCUT2D eigenvalue weighted by Crippen LogP contribution is 2.07. The van der Waals surface area contributed by atoms with E-state index in [1.807, 2.05) is 58.2 Å². The lowest BCUT2D eigenvalue weighted by atomic mass is 10.2. The number of amides is 1. The fourth-order valence-electron chi connectivity index (χ4n) is 2.79. The first kappa shape index (κ1) is 23.9. The summed E-state index contributed by atoms with van der Waals surface area (Å²) in [6.45, 7) is 8.52. The zero-order valence-corrected chi connectivity index (χ0v) is 18.3. The lowest BCUT2D eigenvalue weighted by Gasteiger charge is -2.25. The molecule has 0 heterocycles. The van der Waals surface area contributed by atoms with Crippen molar-refractivity contribution >= 4 is 21.7 Å². The molecule has 8 heteroatoms. The predicted octanol–water partition coefficient (Wildman–Crippen LogP) is 1.76. The fourth-order valence-corrected chi connectivity index (χ4v) is 4.21. The molecule has 0 aromatic heterocycles. The smallest absolute Gasteiger partial charge is 0.242 e. The zero-order chi connectivity index (χ0) is 21.0. The third-order valence-corrected chi connectivity index (χ3v) is 5.97. The van der Waals surface area contributed by atoms with Crippen LogP contribution in [0.25, 0.3) is 0 Å². The van der Waals surface area contributed by atoms with E-state index in [1.165, 1.54) is 0 Å². The minimum absolute atomic E-state index is 0.0449. The van der Waals surface area contributed by atoms with E-state index in [0.29, 0.717) is 38.6 Å². The van der Waals surface area contributed by atoms with Crippen LogP contribution in [0.5, 0.6) is 0 Å². The van der Waals surface area contributed by atoms with Gasteiger partial charge in [-0.15, -0.1) is 0 Å². The molecule has 0 aliphatic carbocycles. The lowest BCUT2D eigenvalue weighted by Crippen LogP contribution is -2.45. The van der Waals surface area contributed by atoms with Crippen LogP contribution >= 0.6 is 0 Å². The SMILES string of the molecule is CCNC(=NCCCS(=O)(=O)Cc1ccccc1)N(C)CC(=O)N(CC)CC. The summed E-state index contributed by atoms with van der Waals surface area (Å²) in [7, 11) is -1.35. The van der Waals surface area contributed by atoms with Crippen LogP contribution in [-0.4, -0.2) is 75.6 Å². The number of sulfone groups is 1. The Morgan fingerprint density at radius 3 is 2.32 bits per heavy atom. The van der Waals surface area contributed by atoms with Crippen LogP contribution in [0.4, 0.5) is 0 Å². The Balaban J connectivity index is 2.58. The molecular weight excluding hydrogens is 376 g/mol. The van der Waals surface area contributed by atoms with Gasteiger partial charge < -0.3 is 15.1 Å². The van der Waals surface area contributed by atoms with Crippen molar-refractivity contribution in [2.24, 2.45) is 4.99 Å². The van der Waals surface area contributed by atoms with Crippen LogP contribution in [0.1, 0.15) is 32.8 Å². The van der Waals surface area contributed by atoms with Gasteiger partial charge in [-0.3, -0.25) is 9.79 Å². The predicted molar refractivity (Wildman–Crippen MR) is 115 cm³/mol.